The molecule has 2 aromatic carbocycles. The molecule has 0 aliphatic carbocycles. The minimum Gasteiger partial charge on any atom is -0.352 e. The van der Waals surface area contributed by atoms with Crippen molar-refractivity contribution in [3.8, 4) is 0 Å². The fourth-order valence-corrected chi connectivity index (χ4v) is 4.38. The lowest BCUT2D eigenvalue weighted by atomic mass is 10.1. The van der Waals surface area contributed by atoms with Crippen molar-refractivity contribution in [3.05, 3.63) is 69.7 Å². The predicted octanol–water partition coefficient (Wildman–Crippen LogP) is 5.95. The molecule has 2 rings (SSSR count). The minimum absolute atomic E-state index is 0.0391. The molecule has 0 spiro atoms. The molecule has 1 N–H and O–H groups in total. The normalized spacial score (nSPS) is 12.8. The second-order valence-electron chi connectivity index (χ2n) is 7.50. The van der Waals surface area contributed by atoms with Crippen LogP contribution in [0.4, 0.5) is 0 Å². The van der Waals surface area contributed by atoms with E-state index in [0.29, 0.717) is 27.8 Å². The van der Waals surface area contributed by atoms with Gasteiger partial charge in [-0.05, 0) is 38.0 Å². The van der Waals surface area contributed by atoms with Crippen LogP contribution < -0.4 is 5.32 Å². The number of hydrogen-bond donors (Lipinski definition) is 1. The van der Waals surface area contributed by atoms with Gasteiger partial charge in [-0.2, -0.15) is 11.8 Å². The minimum atomic E-state index is -0.632. The number of halogens is 2. The van der Waals surface area contributed by atoms with E-state index in [0.717, 1.165) is 12.2 Å². The smallest absolute Gasteiger partial charge is 0.242 e. The molecule has 2 aromatic rings. The van der Waals surface area contributed by atoms with Gasteiger partial charge in [-0.3, -0.25) is 9.59 Å². The first-order valence-electron chi connectivity index (χ1n) is 10.5. The zero-order chi connectivity index (χ0) is 22.8. The molecule has 0 saturated heterocycles. The Bertz CT molecular complexity index is 844. The number of nitrogens with one attached hydrogen (secondary N) is 1. The van der Waals surface area contributed by atoms with E-state index in [-0.39, 0.29) is 24.4 Å². The van der Waals surface area contributed by atoms with Crippen LogP contribution in [-0.4, -0.2) is 34.6 Å². The van der Waals surface area contributed by atoms with Gasteiger partial charge in [0.05, 0.1) is 0 Å². The summed E-state index contributed by atoms with van der Waals surface area (Å²) in [6.45, 7) is 5.89. The van der Waals surface area contributed by atoms with Gasteiger partial charge in [0.1, 0.15) is 6.04 Å². The molecule has 0 heterocycles. The number of hydrogen-bond acceptors (Lipinski definition) is 3. The lowest BCUT2D eigenvalue weighted by Crippen LogP contribution is -2.49. The standard InChI is InChI=1S/C24H30Cl2N2O2S/c1-4-17(2)27-24(30)18(3)28(15-20-21(25)11-8-12-22(20)26)23(29)13-14-31-16-19-9-6-5-7-10-19/h5-12,17-18H,4,13-16H2,1-3H3,(H,27,30)/t17-,18+/m0/s1. The first-order chi connectivity index (χ1) is 14.8. The van der Waals surface area contributed by atoms with Gasteiger partial charge in [0.15, 0.2) is 0 Å². The molecule has 31 heavy (non-hydrogen) atoms. The van der Waals surface area contributed by atoms with Gasteiger partial charge in [-0.1, -0.05) is 66.5 Å². The van der Waals surface area contributed by atoms with Crippen molar-refractivity contribution in [1.82, 2.24) is 10.2 Å². The molecule has 7 heteroatoms. The van der Waals surface area contributed by atoms with Crippen LogP contribution in [0, 0.1) is 0 Å². The Hall–Kier alpha value is -1.69. The van der Waals surface area contributed by atoms with Gasteiger partial charge in [-0.25, -0.2) is 0 Å². The SMILES string of the molecule is CC[C@H](C)NC(=O)[C@@H](C)N(Cc1c(Cl)cccc1Cl)C(=O)CCSCc1ccccc1. The van der Waals surface area contributed by atoms with Crippen LogP contribution in [0.3, 0.4) is 0 Å². The molecule has 0 aliphatic rings. The van der Waals surface area contributed by atoms with E-state index in [1.165, 1.54) is 5.56 Å². The number of amides is 2. The summed E-state index contributed by atoms with van der Waals surface area (Å²) < 4.78 is 0. The Balaban J connectivity index is 2.08. The molecule has 0 fully saturated rings. The van der Waals surface area contributed by atoms with Gasteiger partial charge in [-0.15, -0.1) is 0 Å². The number of nitrogens with zero attached hydrogens (tertiary/aromatic N) is 1. The first-order valence-corrected chi connectivity index (χ1v) is 12.4. The summed E-state index contributed by atoms with van der Waals surface area (Å²) in [5.41, 5.74) is 1.88. The van der Waals surface area contributed by atoms with Gasteiger partial charge in [0.25, 0.3) is 0 Å². The molecule has 0 radical (unpaired) electrons. The van der Waals surface area contributed by atoms with Crippen LogP contribution in [0.25, 0.3) is 0 Å². The van der Waals surface area contributed by atoms with Crippen molar-refractivity contribution in [2.24, 2.45) is 0 Å². The Morgan fingerprint density at radius 1 is 1.03 bits per heavy atom. The van der Waals surface area contributed by atoms with Crippen LogP contribution in [0.1, 0.15) is 44.7 Å². The number of carbonyl (C=O) groups excluding carboxylic acids is 2. The Morgan fingerprint density at radius 3 is 2.29 bits per heavy atom. The van der Waals surface area contributed by atoms with Crippen molar-refractivity contribution < 1.29 is 9.59 Å². The third kappa shape index (κ3) is 8.06. The van der Waals surface area contributed by atoms with Crippen molar-refractivity contribution in [3.63, 3.8) is 0 Å². The van der Waals surface area contributed by atoms with E-state index in [9.17, 15) is 9.59 Å². The maximum atomic E-state index is 13.1. The largest absolute Gasteiger partial charge is 0.352 e. The molecule has 4 nitrogen and oxygen atoms in total. The third-order valence-electron chi connectivity index (χ3n) is 5.13. The van der Waals surface area contributed by atoms with Crippen LogP contribution >= 0.6 is 35.0 Å². The maximum absolute atomic E-state index is 13.1. The first kappa shape index (κ1) is 25.6. The molecular weight excluding hydrogens is 451 g/mol. The Kier molecular flexibility index (Phi) is 10.7. The Morgan fingerprint density at radius 2 is 1.68 bits per heavy atom. The summed E-state index contributed by atoms with van der Waals surface area (Å²) in [4.78, 5) is 27.5. The molecule has 0 aromatic heterocycles. The molecule has 2 atom stereocenters. The van der Waals surface area contributed by atoms with Crippen molar-refractivity contribution in [2.45, 2.75) is 58.0 Å². The molecule has 0 saturated carbocycles. The summed E-state index contributed by atoms with van der Waals surface area (Å²) >= 11 is 14.4. The quantitative estimate of drug-likeness (QED) is 0.404. The lowest BCUT2D eigenvalue weighted by Gasteiger charge is -2.30. The van der Waals surface area contributed by atoms with E-state index in [1.807, 2.05) is 32.0 Å². The zero-order valence-corrected chi connectivity index (χ0v) is 20.6. The molecule has 2 amide bonds. The zero-order valence-electron chi connectivity index (χ0n) is 18.2. The van der Waals surface area contributed by atoms with Gasteiger partial charge in [0.2, 0.25) is 11.8 Å². The number of carbonyl (C=O) groups is 2. The topological polar surface area (TPSA) is 49.4 Å². The van der Waals surface area contributed by atoms with Crippen LogP contribution in [0.15, 0.2) is 48.5 Å². The summed E-state index contributed by atoms with van der Waals surface area (Å²) in [6, 6.07) is 14.8. The van der Waals surface area contributed by atoms with E-state index in [4.69, 9.17) is 23.2 Å². The van der Waals surface area contributed by atoms with Crippen LogP contribution in [0.5, 0.6) is 0 Å². The molecule has 0 unspecified atom stereocenters. The number of thioether (sulfide) groups is 1. The van der Waals surface area contributed by atoms with Crippen molar-refractivity contribution in [2.75, 3.05) is 5.75 Å². The maximum Gasteiger partial charge on any atom is 0.242 e. The highest BCUT2D eigenvalue weighted by Crippen LogP contribution is 2.27. The van der Waals surface area contributed by atoms with Gasteiger partial charge in [0, 0.05) is 46.1 Å². The highest BCUT2D eigenvalue weighted by Gasteiger charge is 2.27. The predicted molar refractivity (Wildman–Crippen MR) is 132 cm³/mol. The van der Waals surface area contributed by atoms with Crippen LogP contribution in [-0.2, 0) is 21.9 Å². The summed E-state index contributed by atoms with van der Waals surface area (Å²) in [6.07, 6.45) is 1.15. The number of rotatable bonds is 11. The fourth-order valence-electron chi connectivity index (χ4n) is 2.97. The summed E-state index contributed by atoms with van der Waals surface area (Å²) in [5, 5.41) is 3.93. The Labute approximate surface area is 199 Å². The van der Waals surface area contributed by atoms with E-state index in [1.54, 1.807) is 41.8 Å². The van der Waals surface area contributed by atoms with E-state index < -0.39 is 6.04 Å². The number of benzene rings is 2. The van der Waals surface area contributed by atoms with Gasteiger partial charge >= 0.3 is 0 Å². The van der Waals surface area contributed by atoms with E-state index in [2.05, 4.69) is 17.4 Å². The summed E-state index contributed by atoms with van der Waals surface area (Å²) in [7, 11) is 0. The third-order valence-corrected chi connectivity index (χ3v) is 6.87. The highest BCUT2D eigenvalue weighted by atomic mass is 35.5. The van der Waals surface area contributed by atoms with Crippen LogP contribution in [0.2, 0.25) is 10.0 Å². The molecule has 0 aliphatic heterocycles. The molecular formula is C24H30Cl2N2O2S. The average Bonchev–Trinajstić information content (AvgIpc) is 2.76. The highest BCUT2D eigenvalue weighted by molar-refractivity contribution is 7.98. The second kappa shape index (κ2) is 13.0. The molecule has 168 valence electrons. The lowest BCUT2D eigenvalue weighted by molar-refractivity contribution is -0.140. The van der Waals surface area contributed by atoms with Crippen molar-refractivity contribution >= 4 is 46.8 Å². The molecule has 0 bridgehead atoms. The monoisotopic (exact) mass is 480 g/mol. The van der Waals surface area contributed by atoms with Crippen molar-refractivity contribution in [1.29, 1.82) is 0 Å². The summed E-state index contributed by atoms with van der Waals surface area (Å²) in [5.74, 6) is 1.24. The van der Waals surface area contributed by atoms with E-state index >= 15 is 0 Å². The second-order valence-corrected chi connectivity index (χ2v) is 9.42. The van der Waals surface area contributed by atoms with Gasteiger partial charge < -0.3 is 10.2 Å². The average molecular weight is 481 g/mol. The fraction of sp³-hybridized carbons (Fsp3) is 0.417.